The van der Waals surface area contributed by atoms with Crippen LogP contribution in [0.3, 0.4) is 0 Å². The maximum Gasteiger partial charge on any atom is 0.236 e. The minimum Gasteiger partial charge on any atom is -0.394 e. The number of aliphatic hydroxyl groups excluding tert-OH is 2. The van der Waals surface area contributed by atoms with Gasteiger partial charge in [0.25, 0.3) is 0 Å². The van der Waals surface area contributed by atoms with Gasteiger partial charge in [-0.1, -0.05) is 20.8 Å². The van der Waals surface area contributed by atoms with E-state index in [4.69, 9.17) is 0 Å². The van der Waals surface area contributed by atoms with Crippen molar-refractivity contribution in [2.45, 2.75) is 52.1 Å². The van der Waals surface area contributed by atoms with Crippen molar-refractivity contribution in [1.82, 2.24) is 10.6 Å². The quantitative estimate of drug-likeness (QED) is 0.479. The third kappa shape index (κ3) is 5.80. The zero-order chi connectivity index (χ0) is 14.2. The molecule has 0 saturated carbocycles. The highest BCUT2D eigenvalue weighted by Gasteiger charge is 2.30. The maximum absolute atomic E-state index is 11.8. The summed E-state index contributed by atoms with van der Waals surface area (Å²) in [7, 11) is 0. The number of carbonyl (C=O) groups excluding carboxylic acids is 1. The molecule has 5 nitrogen and oxygen atoms in total. The Morgan fingerprint density at radius 1 is 1.22 bits per heavy atom. The Labute approximate surface area is 110 Å². The zero-order valence-electron chi connectivity index (χ0n) is 12.0. The molecule has 5 heteroatoms. The second-order valence-corrected chi connectivity index (χ2v) is 5.29. The fourth-order valence-corrected chi connectivity index (χ4v) is 1.63. The first-order valence-electron chi connectivity index (χ1n) is 6.68. The van der Waals surface area contributed by atoms with Crippen LogP contribution in [0.4, 0.5) is 0 Å². The molecular weight excluding hydrogens is 232 g/mol. The normalized spacial score (nSPS) is 13.7. The van der Waals surface area contributed by atoms with Gasteiger partial charge < -0.3 is 15.5 Å². The molecule has 108 valence electrons. The van der Waals surface area contributed by atoms with Crippen molar-refractivity contribution in [1.29, 1.82) is 0 Å². The van der Waals surface area contributed by atoms with E-state index >= 15 is 0 Å². The van der Waals surface area contributed by atoms with Crippen molar-refractivity contribution in [2.75, 3.05) is 19.8 Å². The average Bonchev–Trinajstić information content (AvgIpc) is 2.35. The molecule has 18 heavy (non-hydrogen) atoms. The monoisotopic (exact) mass is 260 g/mol. The van der Waals surface area contributed by atoms with E-state index in [-0.39, 0.29) is 19.1 Å². The maximum atomic E-state index is 11.8. The third-order valence-corrected chi connectivity index (χ3v) is 3.22. The van der Waals surface area contributed by atoms with Crippen LogP contribution in [-0.2, 0) is 4.79 Å². The molecule has 0 aromatic rings. The van der Waals surface area contributed by atoms with E-state index in [0.29, 0.717) is 18.9 Å². The van der Waals surface area contributed by atoms with Gasteiger partial charge >= 0.3 is 0 Å². The number of rotatable bonds is 9. The molecule has 1 unspecified atom stereocenters. The van der Waals surface area contributed by atoms with Crippen LogP contribution < -0.4 is 10.6 Å². The Bertz CT molecular complexity index is 232. The highest BCUT2D eigenvalue weighted by molar-refractivity contribution is 5.81. The van der Waals surface area contributed by atoms with Crippen LogP contribution in [0, 0.1) is 5.92 Å². The van der Waals surface area contributed by atoms with Crippen LogP contribution in [0.15, 0.2) is 0 Å². The van der Waals surface area contributed by atoms with Crippen molar-refractivity contribution in [3.8, 4) is 0 Å². The van der Waals surface area contributed by atoms with Crippen molar-refractivity contribution < 1.29 is 15.0 Å². The van der Waals surface area contributed by atoms with E-state index in [0.717, 1.165) is 6.42 Å². The van der Waals surface area contributed by atoms with Crippen molar-refractivity contribution >= 4 is 5.91 Å². The van der Waals surface area contributed by atoms with Gasteiger partial charge in [0.15, 0.2) is 0 Å². The van der Waals surface area contributed by atoms with Crippen molar-refractivity contribution in [2.24, 2.45) is 5.92 Å². The van der Waals surface area contributed by atoms with E-state index in [2.05, 4.69) is 24.5 Å². The molecular formula is C13H28N2O3. The Balaban J connectivity index is 4.21. The van der Waals surface area contributed by atoms with Crippen molar-refractivity contribution in [3.63, 3.8) is 0 Å². The molecule has 0 spiro atoms. The van der Waals surface area contributed by atoms with Gasteiger partial charge in [0.1, 0.15) is 0 Å². The highest BCUT2D eigenvalue weighted by Crippen LogP contribution is 2.09. The molecule has 0 aromatic heterocycles. The number of hydrogen-bond donors (Lipinski definition) is 4. The van der Waals surface area contributed by atoms with Crippen LogP contribution in [0.5, 0.6) is 0 Å². The molecule has 0 rings (SSSR count). The minimum absolute atomic E-state index is 0.102. The first-order valence-corrected chi connectivity index (χ1v) is 6.68. The standard InChI is InChI=1S/C13H28N2O3/c1-5-13(8-16,9-17)15-11(4)12(18)14-7-6-10(2)3/h10-11,15-17H,5-9H2,1-4H3,(H,14,18). The van der Waals surface area contributed by atoms with E-state index in [1.165, 1.54) is 0 Å². The molecule has 0 aliphatic rings. The van der Waals surface area contributed by atoms with E-state index in [1.807, 2.05) is 6.92 Å². The number of hydrogen-bond acceptors (Lipinski definition) is 4. The lowest BCUT2D eigenvalue weighted by Crippen LogP contribution is -2.58. The predicted octanol–water partition coefficient (Wildman–Crippen LogP) is 0.260. The van der Waals surface area contributed by atoms with Gasteiger partial charge in [-0.2, -0.15) is 0 Å². The zero-order valence-corrected chi connectivity index (χ0v) is 12.0. The Morgan fingerprint density at radius 3 is 2.17 bits per heavy atom. The van der Waals surface area contributed by atoms with Crippen LogP contribution >= 0.6 is 0 Å². The van der Waals surface area contributed by atoms with E-state index in [1.54, 1.807) is 6.92 Å². The number of aliphatic hydroxyl groups is 2. The SMILES string of the molecule is CCC(CO)(CO)NC(C)C(=O)NCCC(C)C. The molecule has 0 heterocycles. The smallest absolute Gasteiger partial charge is 0.236 e. The minimum atomic E-state index is -0.783. The number of nitrogens with one attached hydrogen (secondary N) is 2. The summed E-state index contributed by atoms with van der Waals surface area (Å²) in [6.07, 6.45) is 1.50. The molecule has 0 aromatic carbocycles. The fraction of sp³-hybridized carbons (Fsp3) is 0.923. The summed E-state index contributed by atoms with van der Waals surface area (Å²) in [6, 6.07) is -0.434. The summed E-state index contributed by atoms with van der Waals surface area (Å²) in [4.78, 5) is 11.8. The largest absolute Gasteiger partial charge is 0.394 e. The molecule has 0 aliphatic heterocycles. The first kappa shape index (κ1) is 17.4. The first-order chi connectivity index (χ1) is 8.40. The Hall–Kier alpha value is -0.650. The van der Waals surface area contributed by atoms with E-state index < -0.39 is 11.6 Å². The second-order valence-electron chi connectivity index (χ2n) is 5.29. The Morgan fingerprint density at radius 2 is 1.78 bits per heavy atom. The van der Waals surface area contributed by atoms with Gasteiger partial charge in [-0.15, -0.1) is 0 Å². The number of carbonyl (C=O) groups is 1. The molecule has 0 aliphatic carbocycles. The molecule has 4 N–H and O–H groups in total. The molecule has 1 amide bonds. The van der Waals surface area contributed by atoms with Crippen molar-refractivity contribution in [3.05, 3.63) is 0 Å². The lowest BCUT2D eigenvalue weighted by molar-refractivity contribution is -0.123. The lowest BCUT2D eigenvalue weighted by atomic mass is 9.97. The summed E-state index contributed by atoms with van der Waals surface area (Å²) in [5.74, 6) is 0.452. The topological polar surface area (TPSA) is 81.6 Å². The van der Waals surface area contributed by atoms with Gasteiger partial charge in [0.2, 0.25) is 5.91 Å². The van der Waals surface area contributed by atoms with Gasteiger partial charge in [-0.05, 0) is 25.7 Å². The van der Waals surface area contributed by atoms with Crippen LogP contribution in [0.1, 0.15) is 40.5 Å². The van der Waals surface area contributed by atoms with Crippen LogP contribution in [0.25, 0.3) is 0 Å². The average molecular weight is 260 g/mol. The highest BCUT2D eigenvalue weighted by atomic mass is 16.3. The van der Waals surface area contributed by atoms with Crippen LogP contribution in [-0.4, -0.2) is 47.5 Å². The summed E-state index contributed by atoms with van der Waals surface area (Å²) in [6.45, 7) is 8.08. The molecule has 0 saturated heterocycles. The van der Waals surface area contributed by atoms with Gasteiger partial charge in [-0.3, -0.25) is 10.1 Å². The summed E-state index contributed by atoms with van der Waals surface area (Å²) >= 11 is 0. The van der Waals surface area contributed by atoms with E-state index in [9.17, 15) is 15.0 Å². The molecule has 0 fully saturated rings. The third-order valence-electron chi connectivity index (χ3n) is 3.22. The summed E-state index contributed by atoms with van der Waals surface area (Å²) in [5.41, 5.74) is -0.783. The van der Waals surface area contributed by atoms with Gasteiger partial charge in [0.05, 0.1) is 24.8 Å². The van der Waals surface area contributed by atoms with Gasteiger partial charge in [0, 0.05) is 6.54 Å². The Kier molecular flexibility index (Phi) is 8.15. The fourth-order valence-electron chi connectivity index (χ4n) is 1.63. The van der Waals surface area contributed by atoms with Gasteiger partial charge in [-0.25, -0.2) is 0 Å². The predicted molar refractivity (Wildman–Crippen MR) is 72.3 cm³/mol. The molecule has 0 radical (unpaired) electrons. The summed E-state index contributed by atoms with van der Waals surface area (Å²) in [5, 5.41) is 24.5. The number of amides is 1. The summed E-state index contributed by atoms with van der Waals surface area (Å²) < 4.78 is 0. The second kappa shape index (κ2) is 8.45. The molecule has 1 atom stereocenters. The van der Waals surface area contributed by atoms with Crippen LogP contribution in [0.2, 0.25) is 0 Å². The molecule has 0 bridgehead atoms. The lowest BCUT2D eigenvalue weighted by Gasteiger charge is -2.32.